The van der Waals surface area contributed by atoms with E-state index in [0.29, 0.717) is 13.2 Å². The first-order valence-electron chi connectivity index (χ1n) is 5.93. The number of carboxylic acids is 1. The first-order valence-corrected chi connectivity index (χ1v) is 5.93. The van der Waals surface area contributed by atoms with E-state index in [0.717, 1.165) is 0 Å². The minimum absolute atomic E-state index is 0.0429. The van der Waals surface area contributed by atoms with Gasteiger partial charge < -0.3 is 19.3 Å². The van der Waals surface area contributed by atoms with Crippen molar-refractivity contribution in [3.8, 4) is 0 Å². The van der Waals surface area contributed by atoms with E-state index in [1.165, 1.54) is 12.1 Å². The molecule has 2 aliphatic rings. The fourth-order valence-corrected chi connectivity index (χ4v) is 1.92. The quantitative estimate of drug-likeness (QED) is 0.622. The summed E-state index contributed by atoms with van der Waals surface area (Å²) in [4.78, 5) is 23.1. The molecule has 0 radical (unpaired) electrons. The number of rotatable bonds is 5. The number of carbonyl (C=O) groups excluding carboxylic acids is 1. The molecule has 6 nitrogen and oxygen atoms in total. The molecule has 6 heteroatoms. The minimum Gasteiger partial charge on any atom is -0.478 e. The molecule has 1 aromatic rings. The smallest absolute Gasteiger partial charge is 0.339 e. The van der Waals surface area contributed by atoms with Crippen molar-refractivity contribution in [2.45, 2.75) is 18.3 Å². The van der Waals surface area contributed by atoms with Gasteiger partial charge in [-0.15, -0.1) is 0 Å². The first kappa shape index (κ1) is 12.1. The number of benzene rings is 1. The van der Waals surface area contributed by atoms with Crippen LogP contribution in [-0.4, -0.2) is 48.6 Å². The van der Waals surface area contributed by atoms with Gasteiger partial charge in [0, 0.05) is 0 Å². The lowest BCUT2D eigenvalue weighted by atomic mass is 10.1. The van der Waals surface area contributed by atoms with Gasteiger partial charge >= 0.3 is 11.9 Å². The largest absolute Gasteiger partial charge is 0.478 e. The average Bonchev–Trinajstić information content (AvgIpc) is 3.29. The molecule has 2 aliphatic heterocycles. The van der Waals surface area contributed by atoms with E-state index in [-0.39, 0.29) is 23.3 Å². The Kier molecular flexibility index (Phi) is 2.96. The van der Waals surface area contributed by atoms with Crippen molar-refractivity contribution in [1.82, 2.24) is 0 Å². The predicted octanol–water partition coefficient (Wildman–Crippen LogP) is 0.708. The summed E-state index contributed by atoms with van der Waals surface area (Å²) in [6, 6.07) is 5.96. The molecule has 19 heavy (non-hydrogen) atoms. The summed E-state index contributed by atoms with van der Waals surface area (Å²) in [5.41, 5.74) is -0.0269. The van der Waals surface area contributed by atoms with Crippen LogP contribution in [0.4, 0.5) is 0 Å². The fraction of sp³-hybridized carbons (Fsp3) is 0.385. The highest BCUT2D eigenvalue weighted by Gasteiger charge is 2.47. The molecular weight excluding hydrogens is 252 g/mol. The highest BCUT2D eigenvalue weighted by molar-refractivity contribution is 6.02. The van der Waals surface area contributed by atoms with Gasteiger partial charge in [0.1, 0.15) is 12.2 Å². The number of epoxide rings is 2. The third-order valence-corrected chi connectivity index (χ3v) is 3.07. The molecule has 0 amide bonds. The van der Waals surface area contributed by atoms with Crippen molar-refractivity contribution in [1.29, 1.82) is 0 Å². The van der Waals surface area contributed by atoms with E-state index in [9.17, 15) is 9.59 Å². The van der Waals surface area contributed by atoms with Gasteiger partial charge in [0.05, 0.1) is 24.3 Å². The summed E-state index contributed by atoms with van der Waals surface area (Å²) in [5.74, 6) is -1.82. The zero-order valence-electron chi connectivity index (χ0n) is 9.94. The Hall–Kier alpha value is -1.92. The summed E-state index contributed by atoms with van der Waals surface area (Å²) in [5, 5.41) is 9.03. The Bertz CT molecular complexity index is 506. The number of carbonyl (C=O) groups is 2. The molecule has 0 saturated carbocycles. The lowest BCUT2D eigenvalue weighted by Crippen LogP contribution is -2.30. The summed E-state index contributed by atoms with van der Waals surface area (Å²) < 4.78 is 15.5. The number of hydrogen-bond donors (Lipinski definition) is 1. The highest BCUT2D eigenvalue weighted by atomic mass is 16.7. The molecule has 1 aromatic carbocycles. The normalized spacial score (nSPS) is 25.5. The van der Waals surface area contributed by atoms with E-state index in [1.54, 1.807) is 12.1 Å². The average molecular weight is 264 g/mol. The number of aromatic carboxylic acids is 1. The number of esters is 1. The lowest BCUT2D eigenvalue weighted by Gasteiger charge is -2.14. The maximum atomic E-state index is 12.0. The van der Waals surface area contributed by atoms with Gasteiger partial charge in [0.2, 0.25) is 0 Å². The van der Waals surface area contributed by atoms with Crippen LogP contribution in [0.15, 0.2) is 24.3 Å². The Morgan fingerprint density at radius 1 is 1.16 bits per heavy atom. The van der Waals surface area contributed by atoms with Crippen molar-refractivity contribution < 1.29 is 28.9 Å². The van der Waals surface area contributed by atoms with Crippen LogP contribution < -0.4 is 0 Å². The van der Waals surface area contributed by atoms with Crippen LogP contribution >= 0.6 is 0 Å². The Morgan fingerprint density at radius 3 is 2.16 bits per heavy atom. The summed E-state index contributed by atoms with van der Waals surface area (Å²) in [7, 11) is 0. The topological polar surface area (TPSA) is 88.7 Å². The summed E-state index contributed by atoms with van der Waals surface area (Å²) in [6.45, 7) is 1.08. The van der Waals surface area contributed by atoms with E-state index < -0.39 is 18.0 Å². The van der Waals surface area contributed by atoms with Crippen molar-refractivity contribution in [2.75, 3.05) is 13.2 Å². The van der Waals surface area contributed by atoms with Crippen LogP contribution in [0, 0.1) is 0 Å². The monoisotopic (exact) mass is 264 g/mol. The zero-order chi connectivity index (χ0) is 13.4. The molecule has 1 N–H and O–H groups in total. The van der Waals surface area contributed by atoms with Crippen LogP contribution in [0.3, 0.4) is 0 Å². The Labute approximate surface area is 108 Å². The van der Waals surface area contributed by atoms with Gasteiger partial charge in [-0.3, -0.25) is 0 Å². The third-order valence-electron chi connectivity index (χ3n) is 3.07. The van der Waals surface area contributed by atoms with Gasteiger partial charge in [0.15, 0.2) is 6.10 Å². The van der Waals surface area contributed by atoms with Crippen LogP contribution in [0.2, 0.25) is 0 Å². The standard InChI is InChI=1S/C13H12O6/c14-12(15)7-3-1-2-4-8(7)13(16)19-11(9-5-17-9)10-6-18-10/h1-4,9-11H,5-6H2,(H,14,15). The second-order valence-electron chi connectivity index (χ2n) is 4.46. The van der Waals surface area contributed by atoms with Gasteiger partial charge in [-0.05, 0) is 12.1 Å². The summed E-state index contributed by atoms with van der Waals surface area (Å²) >= 11 is 0. The fourth-order valence-electron chi connectivity index (χ4n) is 1.92. The van der Waals surface area contributed by atoms with Crippen molar-refractivity contribution in [3.63, 3.8) is 0 Å². The maximum Gasteiger partial charge on any atom is 0.339 e. The molecule has 0 bridgehead atoms. The lowest BCUT2D eigenvalue weighted by molar-refractivity contribution is 0.0145. The van der Waals surface area contributed by atoms with Gasteiger partial charge in [-0.1, -0.05) is 12.1 Å². The molecule has 2 heterocycles. The van der Waals surface area contributed by atoms with Crippen molar-refractivity contribution in [3.05, 3.63) is 35.4 Å². The zero-order valence-corrected chi connectivity index (χ0v) is 9.94. The van der Waals surface area contributed by atoms with Crippen molar-refractivity contribution >= 4 is 11.9 Å². The minimum atomic E-state index is -1.16. The first-order chi connectivity index (χ1) is 9.16. The molecule has 3 rings (SSSR count). The van der Waals surface area contributed by atoms with Gasteiger partial charge in [-0.2, -0.15) is 0 Å². The highest BCUT2D eigenvalue weighted by Crippen LogP contribution is 2.28. The van der Waals surface area contributed by atoms with Crippen LogP contribution in [0.1, 0.15) is 20.7 Å². The number of hydrogen-bond acceptors (Lipinski definition) is 5. The molecular formula is C13H12O6. The van der Waals surface area contributed by atoms with E-state index in [1.807, 2.05) is 0 Å². The van der Waals surface area contributed by atoms with Crippen LogP contribution in [-0.2, 0) is 14.2 Å². The Morgan fingerprint density at radius 2 is 1.68 bits per heavy atom. The molecule has 2 saturated heterocycles. The van der Waals surface area contributed by atoms with Gasteiger partial charge in [-0.25, -0.2) is 9.59 Å². The van der Waals surface area contributed by atoms with E-state index in [4.69, 9.17) is 19.3 Å². The van der Waals surface area contributed by atoms with Crippen LogP contribution in [0.5, 0.6) is 0 Å². The predicted molar refractivity (Wildman–Crippen MR) is 62.1 cm³/mol. The molecule has 2 fully saturated rings. The molecule has 0 aliphatic carbocycles. The molecule has 2 unspecified atom stereocenters. The van der Waals surface area contributed by atoms with E-state index in [2.05, 4.69) is 0 Å². The van der Waals surface area contributed by atoms with Crippen molar-refractivity contribution in [2.24, 2.45) is 0 Å². The van der Waals surface area contributed by atoms with E-state index >= 15 is 0 Å². The van der Waals surface area contributed by atoms with Gasteiger partial charge in [0.25, 0.3) is 0 Å². The maximum absolute atomic E-state index is 12.0. The number of carboxylic acid groups (broad SMARTS) is 1. The SMILES string of the molecule is O=C(O)c1ccccc1C(=O)OC(C1CO1)C1CO1. The second-order valence-corrected chi connectivity index (χ2v) is 4.46. The summed E-state index contributed by atoms with van der Waals surface area (Å²) in [6.07, 6.45) is -0.712. The number of ether oxygens (including phenoxy) is 3. The van der Waals surface area contributed by atoms with Crippen LogP contribution in [0.25, 0.3) is 0 Å². The molecule has 0 aromatic heterocycles. The molecule has 0 spiro atoms. The third kappa shape index (κ3) is 2.59. The molecule has 100 valence electrons. The molecule has 2 atom stereocenters. The Balaban J connectivity index is 1.77. The second kappa shape index (κ2) is 4.64.